The lowest BCUT2D eigenvalue weighted by atomic mass is 9.89. The van der Waals surface area contributed by atoms with Gasteiger partial charge < -0.3 is 20.5 Å². The maximum atomic E-state index is 9.26. The molecule has 1 heterocycles. The van der Waals surface area contributed by atoms with E-state index in [-0.39, 0.29) is 6.10 Å². The molecule has 0 bridgehead atoms. The summed E-state index contributed by atoms with van der Waals surface area (Å²) in [5.41, 5.74) is 0. The molecule has 0 unspecified atom stereocenters. The molecule has 6 heteroatoms. The molecule has 100 valence electrons. The zero-order valence-electron chi connectivity index (χ0n) is 10.8. The van der Waals surface area contributed by atoms with Crippen molar-refractivity contribution in [2.45, 2.75) is 38.5 Å². The zero-order valence-corrected chi connectivity index (χ0v) is 10.8. The Morgan fingerprint density at radius 3 is 2.72 bits per heavy atom. The molecule has 6 nitrogen and oxygen atoms in total. The lowest BCUT2D eigenvalue weighted by Crippen LogP contribution is -2.39. The van der Waals surface area contributed by atoms with Gasteiger partial charge in [0.15, 0.2) is 5.82 Å². The molecule has 2 rings (SSSR count). The number of rotatable bonds is 6. The molecule has 1 aromatic heterocycles. The first-order chi connectivity index (χ1) is 8.71. The highest BCUT2D eigenvalue weighted by molar-refractivity contribution is 5.48. The second-order valence-electron chi connectivity index (χ2n) is 4.41. The van der Waals surface area contributed by atoms with Gasteiger partial charge in [0.2, 0.25) is 0 Å². The number of nitrogens with zero attached hydrogens (tertiary/aromatic N) is 2. The first-order valence-corrected chi connectivity index (χ1v) is 6.29. The molecule has 0 saturated heterocycles. The van der Waals surface area contributed by atoms with Gasteiger partial charge in [0.1, 0.15) is 18.2 Å². The van der Waals surface area contributed by atoms with Gasteiger partial charge >= 0.3 is 0 Å². The van der Waals surface area contributed by atoms with Crippen molar-refractivity contribution >= 4 is 11.6 Å². The fraction of sp³-hybridized carbons (Fsp3) is 0.667. The predicted octanol–water partition coefficient (Wildman–Crippen LogP) is 0.990. The first-order valence-electron chi connectivity index (χ1n) is 6.29. The van der Waals surface area contributed by atoms with Crippen molar-refractivity contribution in [2.24, 2.45) is 0 Å². The third kappa shape index (κ3) is 3.30. The summed E-state index contributed by atoms with van der Waals surface area (Å²) in [6.45, 7) is 3.00. The van der Waals surface area contributed by atoms with Crippen LogP contribution >= 0.6 is 0 Å². The Morgan fingerprint density at radius 1 is 1.39 bits per heavy atom. The maximum absolute atomic E-state index is 9.26. The molecule has 0 amide bonds. The van der Waals surface area contributed by atoms with E-state index in [0.717, 1.165) is 24.5 Å². The van der Waals surface area contributed by atoms with Crippen molar-refractivity contribution in [1.29, 1.82) is 0 Å². The number of ether oxygens (including phenoxy) is 1. The molecule has 0 spiro atoms. The second kappa shape index (κ2) is 5.97. The quantitative estimate of drug-likeness (QED) is 0.700. The summed E-state index contributed by atoms with van der Waals surface area (Å²) >= 11 is 0. The number of aliphatic hydroxyl groups excluding tert-OH is 1. The van der Waals surface area contributed by atoms with E-state index in [4.69, 9.17) is 4.74 Å². The second-order valence-corrected chi connectivity index (χ2v) is 4.41. The number of nitrogens with one attached hydrogen (secondary N) is 2. The first kappa shape index (κ1) is 13.0. The summed E-state index contributed by atoms with van der Waals surface area (Å²) < 4.78 is 5.32. The minimum absolute atomic E-state index is 0.170. The van der Waals surface area contributed by atoms with E-state index in [2.05, 4.69) is 20.6 Å². The Kier molecular flexibility index (Phi) is 4.33. The van der Waals surface area contributed by atoms with E-state index in [1.165, 1.54) is 0 Å². The van der Waals surface area contributed by atoms with Crippen molar-refractivity contribution < 1.29 is 9.84 Å². The van der Waals surface area contributed by atoms with Gasteiger partial charge in [-0.15, -0.1) is 0 Å². The number of hydrogen-bond acceptors (Lipinski definition) is 6. The van der Waals surface area contributed by atoms with Crippen LogP contribution in [0.4, 0.5) is 11.6 Å². The molecule has 0 aromatic carbocycles. The van der Waals surface area contributed by atoms with Crippen molar-refractivity contribution in [3.8, 4) is 0 Å². The van der Waals surface area contributed by atoms with E-state index in [1.54, 1.807) is 0 Å². The number of anilines is 2. The molecular formula is C12H20N4O2. The average Bonchev–Trinajstić information content (AvgIpc) is 2.34. The van der Waals surface area contributed by atoms with Gasteiger partial charge in [-0.3, -0.25) is 0 Å². The Hall–Kier alpha value is -1.40. The highest BCUT2D eigenvalue weighted by Gasteiger charge is 2.27. The van der Waals surface area contributed by atoms with Crippen molar-refractivity contribution in [3.05, 3.63) is 11.9 Å². The number of hydrogen-bond donors (Lipinski definition) is 3. The van der Waals surface area contributed by atoms with E-state index >= 15 is 0 Å². The Morgan fingerprint density at radius 2 is 2.11 bits per heavy atom. The lowest BCUT2D eigenvalue weighted by molar-refractivity contribution is 0.0835. The van der Waals surface area contributed by atoms with E-state index in [9.17, 15) is 5.11 Å². The smallest absolute Gasteiger partial charge is 0.158 e. The van der Waals surface area contributed by atoms with Crippen LogP contribution in [0, 0.1) is 0 Å². The normalized spacial score (nSPS) is 22.4. The fourth-order valence-electron chi connectivity index (χ4n) is 1.87. The van der Waals surface area contributed by atoms with E-state index in [1.807, 2.05) is 20.0 Å². The molecule has 3 N–H and O–H groups in total. The van der Waals surface area contributed by atoms with Crippen molar-refractivity contribution in [2.75, 3.05) is 24.3 Å². The van der Waals surface area contributed by atoms with Crippen LogP contribution in [-0.2, 0) is 11.3 Å². The topological polar surface area (TPSA) is 79.3 Å². The van der Waals surface area contributed by atoms with Gasteiger partial charge in [-0.1, -0.05) is 0 Å². The monoisotopic (exact) mass is 252 g/mol. The van der Waals surface area contributed by atoms with Crippen LogP contribution in [0.15, 0.2) is 6.07 Å². The van der Waals surface area contributed by atoms with Crippen LogP contribution in [0.5, 0.6) is 0 Å². The van der Waals surface area contributed by atoms with E-state index in [0.29, 0.717) is 25.1 Å². The van der Waals surface area contributed by atoms with Crippen LogP contribution in [0.3, 0.4) is 0 Å². The maximum Gasteiger partial charge on any atom is 0.158 e. The highest BCUT2D eigenvalue weighted by Crippen LogP contribution is 2.24. The molecule has 0 atom stereocenters. The highest BCUT2D eigenvalue weighted by atomic mass is 16.5. The van der Waals surface area contributed by atoms with Gasteiger partial charge in [-0.05, 0) is 19.8 Å². The summed E-state index contributed by atoms with van der Waals surface area (Å²) in [5, 5.41) is 15.6. The third-order valence-electron chi connectivity index (χ3n) is 2.93. The summed E-state index contributed by atoms with van der Waals surface area (Å²) in [5.74, 6) is 2.20. The van der Waals surface area contributed by atoms with Gasteiger partial charge in [0, 0.05) is 25.8 Å². The molecule has 1 aliphatic carbocycles. The molecule has 1 saturated carbocycles. The van der Waals surface area contributed by atoms with Gasteiger partial charge in [0.05, 0.1) is 6.10 Å². The summed E-state index contributed by atoms with van der Waals surface area (Å²) in [7, 11) is 1.82. The van der Waals surface area contributed by atoms with Gasteiger partial charge in [-0.25, -0.2) is 9.97 Å². The summed E-state index contributed by atoms with van der Waals surface area (Å²) in [4.78, 5) is 8.72. The van der Waals surface area contributed by atoms with Crippen molar-refractivity contribution in [3.63, 3.8) is 0 Å². The average molecular weight is 252 g/mol. The lowest BCUT2D eigenvalue weighted by Gasteiger charge is -2.32. The summed E-state index contributed by atoms with van der Waals surface area (Å²) in [6.07, 6.45) is 1.38. The van der Waals surface area contributed by atoms with Crippen LogP contribution in [0.25, 0.3) is 0 Å². The summed E-state index contributed by atoms with van der Waals surface area (Å²) in [6, 6.07) is 2.17. The Labute approximate surface area is 107 Å². The molecule has 1 fully saturated rings. The molecule has 1 aromatic rings. The largest absolute Gasteiger partial charge is 0.393 e. The molecular weight excluding hydrogens is 232 g/mol. The Bertz CT molecular complexity index is 394. The van der Waals surface area contributed by atoms with Gasteiger partial charge in [0.25, 0.3) is 0 Å². The zero-order chi connectivity index (χ0) is 13.0. The minimum atomic E-state index is -0.170. The molecule has 18 heavy (non-hydrogen) atoms. The van der Waals surface area contributed by atoms with Gasteiger partial charge in [-0.2, -0.15) is 0 Å². The number of aromatic nitrogens is 2. The predicted molar refractivity (Wildman–Crippen MR) is 69.6 cm³/mol. The molecule has 1 aliphatic rings. The van der Waals surface area contributed by atoms with Crippen LogP contribution in [0.2, 0.25) is 0 Å². The van der Waals surface area contributed by atoms with E-state index < -0.39 is 0 Å². The fourth-order valence-corrected chi connectivity index (χ4v) is 1.87. The standard InChI is InChI=1S/C12H20N4O2/c1-3-18-7-12-15-10(13-2)6-11(16-12)14-8-4-9(17)5-8/h6,8-9,17H,3-5,7H2,1-2H3,(H2,13,14,15,16). The minimum Gasteiger partial charge on any atom is -0.393 e. The SMILES string of the molecule is CCOCc1nc(NC)cc(NC2CC(O)C2)n1. The third-order valence-corrected chi connectivity index (χ3v) is 2.93. The number of aliphatic hydroxyl groups is 1. The van der Waals surface area contributed by atoms with Crippen LogP contribution in [0.1, 0.15) is 25.6 Å². The van der Waals surface area contributed by atoms with Crippen molar-refractivity contribution in [1.82, 2.24) is 9.97 Å². The Balaban J connectivity index is 2.03. The van der Waals surface area contributed by atoms with Crippen LogP contribution in [-0.4, -0.2) is 40.9 Å². The molecule has 0 aliphatic heterocycles. The molecule has 0 radical (unpaired) electrons. The van der Waals surface area contributed by atoms with Crippen LogP contribution < -0.4 is 10.6 Å².